The van der Waals surface area contributed by atoms with E-state index in [1.165, 1.54) is 6.07 Å². The van der Waals surface area contributed by atoms with Crippen molar-refractivity contribution in [2.24, 2.45) is 0 Å². The Kier molecular flexibility index (Phi) is 4.26. The van der Waals surface area contributed by atoms with Crippen LogP contribution in [0, 0.1) is 0 Å². The smallest absolute Gasteiger partial charge is 0.490 e. The Morgan fingerprint density at radius 3 is 2.38 bits per heavy atom. The zero-order chi connectivity index (χ0) is 15.6. The third-order valence-corrected chi connectivity index (χ3v) is 2.91. The van der Waals surface area contributed by atoms with Crippen LogP contribution in [0.3, 0.4) is 0 Å². The second-order valence-electron chi connectivity index (χ2n) is 4.60. The van der Waals surface area contributed by atoms with E-state index in [2.05, 4.69) is 9.47 Å². The molecule has 0 bridgehead atoms. The summed E-state index contributed by atoms with van der Waals surface area (Å²) >= 11 is 0. The molecule has 0 aromatic heterocycles. The number of benzene rings is 1. The lowest BCUT2D eigenvalue weighted by Gasteiger charge is -2.31. The van der Waals surface area contributed by atoms with E-state index in [4.69, 9.17) is 9.84 Å². The molecule has 0 atom stereocenters. The summed E-state index contributed by atoms with van der Waals surface area (Å²) in [5, 5.41) is 9.16. The minimum atomic E-state index is -4.88. The van der Waals surface area contributed by atoms with E-state index in [1.54, 1.807) is 0 Å². The fourth-order valence-electron chi connectivity index (χ4n) is 1.89. The van der Waals surface area contributed by atoms with E-state index in [-0.39, 0.29) is 17.4 Å². The Hall–Kier alpha value is -1.96. The van der Waals surface area contributed by atoms with Gasteiger partial charge >= 0.3 is 12.3 Å². The molecule has 1 aromatic carbocycles. The second kappa shape index (κ2) is 5.80. The Balaban J connectivity index is 2.21. The number of ether oxygens (including phenoxy) is 3. The van der Waals surface area contributed by atoms with E-state index in [0.717, 1.165) is 19.2 Å². The maximum absolute atomic E-state index is 12.3. The number of esters is 1. The molecule has 0 radical (unpaired) electrons. The number of rotatable bonds is 4. The first-order chi connectivity index (χ1) is 9.76. The third kappa shape index (κ3) is 4.25. The molecule has 0 spiro atoms. The molecule has 0 aliphatic heterocycles. The molecule has 0 unspecified atom stereocenters. The van der Waals surface area contributed by atoms with Gasteiger partial charge in [0.15, 0.2) is 0 Å². The second-order valence-corrected chi connectivity index (χ2v) is 4.60. The first-order valence-corrected chi connectivity index (χ1v) is 6.10. The summed E-state index contributed by atoms with van der Waals surface area (Å²) in [5.41, 5.74) is -0.117. The average Bonchev–Trinajstić information content (AvgIpc) is 2.33. The van der Waals surface area contributed by atoms with Crippen LogP contribution in [0.4, 0.5) is 13.2 Å². The molecule has 5 nitrogen and oxygen atoms in total. The van der Waals surface area contributed by atoms with E-state index in [9.17, 15) is 18.0 Å². The highest BCUT2D eigenvalue weighted by Gasteiger charge is 2.32. The predicted molar refractivity (Wildman–Crippen MR) is 64.1 cm³/mol. The maximum atomic E-state index is 12.3. The lowest BCUT2D eigenvalue weighted by molar-refractivity contribution is -0.274. The van der Waals surface area contributed by atoms with Crippen LogP contribution in [0.1, 0.15) is 23.2 Å². The SMILES string of the molecule is COC(=O)c1cc(OC2CC(O)C2)cc(OC(F)(F)F)c1. The monoisotopic (exact) mass is 306 g/mol. The molecule has 21 heavy (non-hydrogen) atoms. The van der Waals surface area contributed by atoms with Crippen LogP contribution in [0.25, 0.3) is 0 Å². The van der Waals surface area contributed by atoms with Crippen LogP contribution in [0.2, 0.25) is 0 Å². The largest absolute Gasteiger partial charge is 0.573 e. The fraction of sp³-hybridized carbons (Fsp3) is 0.462. The number of carbonyl (C=O) groups is 1. The zero-order valence-electron chi connectivity index (χ0n) is 11.0. The summed E-state index contributed by atoms with van der Waals surface area (Å²) in [7, 11) is 1.11. The molecule has 1 saturated carbocycles. The van der Waals surface area contributed by atoms with Gasteiger partial charge in [-0.25, -0.2) is 4.79 Å². The Labute approximate surface area is 118 Å². The molecule has 1 N–H and O–H groups in total. The van der Waals surface area contributed by atoms with E-state index in [1.807, 2.05) is 0 Å². The zero-order valence-corrected chi connectivity index (χ0v) is 11.0. The van der Waals surface area contributed by atoms with Crippen molar-refractivity contribution >= 4 is 5.97 Å². The molecular weight excluding hydrogens is 293 g/mol. The van der Waals surface area contributed by atoms with Crippen LogP contribution < -0.4 is 9.47 Å². The van der Waals surface area contributed by atoms with Gasteiger partial charge in [-0.05, 0) is 12.1 Å². The number of methoxy groups -OCH3 is 1. The standard InChI is InChI=1S/C13H13F3O5/c1-19-12(18)7-2-9(20-10-4-8(17)5-10)6-11(3-7)21-13(14,15)16/h2-3,6,8,10,17H,4-5H2,1H3. The highest BCUT2D eigenvalue weighted by atomic mass is 19.4. The first-order valence-electron chi connectivity index (χ1n) is 6.10. The van der Waals surface area contributed by atoms with Gasteiger partial charge in [0.2, 0.25) is 0 Å². The first kappa shape index (κ1) is 15.4. The number of aliphatic hydroxyl groups excluding tert-OH is 1. The lowest BCUT2D eigenvalue weighted by atomic mass is 9.92. The number of hydrogen-bond acceptors (Lipinski definition) is 5. The number of halogens is 3. The molecule has 1 aromatic rings. The van der Waals surface area contributed by atoms with Gasteiger partial charge in [0.1, 0.15) is 17.6 Å². The maximum Gasteiger partial charge on any atom is 0.573 e. The van der Waals surface area contributed by atoms with Crippen molar-refractivity contribution in [1.82, 2.24) is 0 Å². The number of carbonyl (C=O) groups excluding carboxylic acids is 1. The van der Waals surface area contributed by atoms with Crippen LogP contribution >= 0.6 is 0 Å². The van der Waals surface area contributed by atoms with Gasteiger partial charge in [-0.15, -0.1) is 13.2 Å². The third-order valence-electron chi connectivity index (χ3n) is 2.91. The van der Waals surface area contributed by atoms with E-state index < -0.39 is 24.2 Å². The summed E-state index contributed by atoms with van der Waals surface area (Å²) in [6.45, 7) is 0. The molecule has 1 aliphatic rings. The Morgan fingerprint density at radius 2 is 1.86 bits per heavy atom. The van der Waals surface area contributed by atoms with Crippen molar-refractivity contribution < 1.29 is 37.3 Å². The summed E-state index contributed by atoms with van der Waals surface area (Å²) in [5.74, 6) is -1.32. The van der Waals surface area contributed by atoms with Crippen LogP contribution in [0.15, 0.2) is 18.2 Å². The predicted octanol–water partition coefficient (Wildman–Crippen LogP) is 2.27. The Morgan fingerprint density at radius 1 is 1.24 bits per heavy atom. The van der Waals surface area contributed by atoms with Gasteiger partial charge < -0.3 is 19.3 Å². The average molecular weight is 306 g/mol. The van der Waals surface area contributed by atoms with Crippen molar-refractivity contribution in [1.29, 1.82) is 0 Å². The van der Waals surface area contributed by atoms with Crippen molar-refractivity contribution in [3.63, 3.8) is 0 Å². The van der Waals surface area contributed by atoms with Gasteiger partial charge in [-0.2, -0.15) is 0 Å². The molecule has 116 valence electrons. The van der Waals surface area contributed by atoms with Crippen molar-refractivity contribution in [2.75, 3.05) is 7.11 Å². The summed E-state index contributed by atoms with van der Waals surface area (Å²) in [4.78, 5) is 11.5. The summed E-state index contributed by atoms with van der Waals surface area (Å²) in [6, 6.07) is 3.21. The van der Waals surface area contributed by atoms with Gasteiger partial charge in [0.05, 0.1) is 18.8 Å². The molecule has 2 rings (SSSR count). The van der Waals surface area contributed by atoms with Crippen LogP contribution in [-0.4, -0.2) is 36.8 Å². The van der Waals surface area contributed by atoms with Gasteiger partial charge in [-0.1, -0.05) is 0 Å². The normalized spacial score (nSPS) is 21.4. The topological polar surface area (TPSA) is 65.0 Å². The summed E-state index contributed by atoms with van der Waals surface area (Å²) in [6.07, 6.45) is -4.87. The molecule has 0 saturated heterocycles. The minimum absolute atomic E-state index is 0.0500. The number of aliphatic hydroxyl groups is 1. The van der Waals surface area contributed by atoms with E-state index >= 15 is 0 Å². The molecule has 0 heterocycles. The number of hydrogen-bond donors (Lipinski definition) is 1. The van der Waals surface area contributed by atoms with Crippen molar-refractivity contribution in [3.05, 3.63) is 23.8 Å². The highest BCUT2D eigenvalue weighted by molar-refractivity contribution is 5.90. The molecular formula is C13H13F3O5. The van der Waals surface area contributed by atoms with Gasteiger partial charge in [-0.3, -0.25) is 0 Å². The molecule has 1 fully saturated rings. The fourth-order valence-corrected chi connectivity index (χ4v) is 1.89. The van der Waals surface area contributed by atoms with Gasteiger partial charge in [0, 0.05) is 18.9 Å². The number of alkyl halides is 3. The van der Waals surface area contributed by atoms with Crippen LogP contribution in [0.5, 0.6) is 11.5 Å². The molecule has 1 aliphatic carbocycles. The molecule has 0 amide bonds. The van der Waals surface area contributed by atoms with Crippen molar-refractivity contribution in [2.45, 2.75) is 31.4 Å². The quantitative estimate of drug-likeness (QED) is 0.865. The molecule has 8 heteroatoms. The van der Waals surface area contributed by atoms with Crippen LogP contribution in [-0.2, 0) is 4.74 Å². The highest BCUT2D eigenvalue weighted by Crippen LogP contribution is 2.31. The summed E-state index contributed by atoms with van der Waals surface area (Å²) < 4.78 is 50.5. The lowest BCUT2D eigenvalue weighted by Crippen LogP contribution is -2.37. The van der Waals surface area contributed by atoms with E-state index in [0.29, 0.717) is 12.8 Å². The Bertz CT molecular complexity index is 523. The minimum Gasteiger partial charge on any atom is -0.490 e. The van der Waals surface area contributed by atoms with Gasteiger partial charge in [0.25, 0.3) is 0 Å². The van der Waals surface area contributed by atoms with Crippen molar-refractivity contribution in [3.8, 4) is 11.5 Å².